The SMILES string of the molecule is CNC(C)c1nc2c(Cl)cccc2c(=O)[nH]1. The van der Waals surface area contributed by atoms with E-state index < -0.39 is 0 Å². The quantitative estimate of drug-likeness (QED) is 0.838. The summed E-state index contributed by atoms with van der Waals surface area (Å²) >= 11 is 6.01. The molecular formula is C11H12ClN3O. The monoisotopic (exact) mass is 237 g/mol. The Morgan fingerprint density at radius 2 is 2.25 bits per heavy atom. The number of benzene rings is 1. The summed E-state index contributed by atoms with van der Waals surface area (Å²) in [6, 6.07) is 5.15. The second kappa shape index (κ2) is 4.23. The van der Waals surface area contributed by atoms with Crippen molar-refractivity contribution >= 4 is 22.5 Å². The minimum Gasteiger partial charge on any atom is -0.311 e. The Bertz CT molecular complexity index is 579. The smallest absolute Gasteiger partial charge is 0.258 e. The summed E-state index contributed by atoms with van der Waals surface area (Å²) in [5.41, 5.74) is 0.384. The third-order valence-corrected chi connectivity index (χ3v) is 2.85. The van der Waals surface area contributed by atoms with Crippen LogP contribution in [-0.4, -0.2) is 17.0 Å². The Morgan fingerprint density at radius 3 is 2.94 bits per heavy atom. The first-order chi connectivity index (χ1) is 7.63. The molecule has 0 saturated heterocycles. The average Bonchev–Trinajstić information content (AvgIpc) is 2.29. The molecule has 5 heteroatoms. The number of nitrogens with one attached hydrogen (secondary N) is 2. The molecule has 2 aromatic rings. The topological polar surface area (TPSA) is 57.8 Å². The van der Waals surface area contributed by atoms with Crippen LogP contribution in [0.3, 0.4) is 0 Å². The molecule has 1 aromatic carbocycles. The molecule has 1 heterocycles. The predicted molar refractivity (Wildman–Crippen MR) is 64.8 cm³/mol. The lowest BCUT2D eigenvalue weighted by molar-refractivity contribution is 0.611. The standard InChI is InChI=1S/C11H12ClN3O/c1-6(13-2)10-14-9-7(11(16)15-10)4-3-5-8(9)12/h3-6,13H,1-2H3,(H,14,15,16). The zero-order valence-corrected chi connectivity index (χ0v) is 9.80. The number of H-pyrrole nitrogens is 1. The van der Waals surface area contributed by atoms with Gasteiger partial charge in [0.1, 0.15) is 5.82 Å². The van der Waals surface area contributed by atoms with Crippen molar-refractivity contribution in [1.29, 1.82) is 0 Å². The van der Waals surface area contributed by atoms with Gasteiger partial charge in [-0.15, -0.1) is 0 Å². The van der Waals surface area contributed by atoms with Crippen LogP contribution in [0.1, 0.15) is 18.8 Å². The van der Waals surface area contributed by atoms with Gasteiger partial charge >= 0.3 is 0 Å². The van der Waals surface area contributed by atoms with E-state index in [1.54, 1.807) is 18.2 Å². The second-order valence-corrected chi connectivity index (χ2v) is 4.00. The molecule has 0 aliphatic carbocycles. The van der Waals surface area contributed by atoms with Gasteiger partial charge in [0, 0.05) is 0 Å². The molecule has 0 bridgehead atoms. The van der Waals surface area contributed by atoms with Crippen LogP contribution in [0.4, 0.5) is 0 Å². The number of aromatic nitrogens is 2. The maximum Gasteiger partial charge on any atom is 0.258 e. The third kappa shape index (κ3) is 1.81. The van der Waals surface area contributed by atoms with E-state index in [4.69, 9.17) is 11.6 Å². The summed E-state index contributed by atoms with van der Waals surface area (Å²) in [7, 11) is 1.81. The maximum atomic E-state index is 11.8. The molecule has 0 aliphatic heterocycles. The van der Waals surface area contributed by atoms with Gasteiger partial charge in [0.2, 0.25) is 0 Å². The second-order valence-electron chi connectivity index (χ2n) is 3.60. The lowest BCUT2D eigenvalue weighted by atomic mass is 10.2. The number of halogens is 1. The van der Waals surface area contributed by atoms with Crippen LogP contribution in [0.2, 0.25) is 5.02 Å². The van der Waals surface area contributed by atoms with E-state index in [2.05, 4.69) is 15.3 Å². The Kier molecular flexibility index (Phi) is 2.94. The van der Waals surface area contributed by atoms with E-state index in [1.165, 1.54) is 0 Å². The number of aromatic amines is 1. The number of hydrogen-bond acceptors (Lipinski definition) is 3. The highest BCUT2D eigenvalue weighted by Gasteiger charge is 2.10. The van der Waals surface area contributed by atoms with Gasteiger partial charge in [0.25, 0.3) is 5.56 Å². The molecular weight excluding hydrogens is 226 g/mol. The molecule has 0 fully saturated rings. The normalized spacial score (nSPS) is 12.9. The summed E-state index contributed by atoms with van der Waals surface area (Å²) in [5, 5.41) is 4.02. The highest BCUT2D eigenvalue weighted by atomic mass is 35.5. The summed E-state index contributed by atoms with van der Waals surface area (Å²) in [6.45, 7) is 1.92. The molecule has 4 nitrogen and oxygen atoms in total. The van der Waals surface area contributed by atoms with Crippen LogP contribution < -0.4 is 10.9 Å². The molecule has 84 valence electrons. The molecule has 0 radical (unpaired) electrons. The van der Waals surface area contributed by atoms with E-state index >= 15 is 0 Å². The lowest BCUT2D eigenvalue weighted by Crippen LogP contribution is -2.20. The Morgan fingerprint density at radius 1 is 1.50 bits per heavy atom. The Hall–Kier alpha value is -1.39. The highest BCUT2D eigenvalue weighted by Crippen LogP contribution is 2.19. The molecule has 0 saturated carbocycles. The van der Waals surface area contributed by atoms with Crippen molar-refractivity contribution in [3.8, 4) is 0 Å². The van der Waals surface area contributed by atoms with E-state index in [9.17, 15) is 4.79 Å². The fourth-order valence-electron chi connectivity index (χ4n) is 1.49. The first-order valence-electron chi connectivity index (χ1n) is 4.99. The van der Waals surface area contributed by atoms with Gasteiger partial charge in [0.05, 0.1) is 22.0 Å². The Balaban J connectivity index is 2.75. The van der Waals surface area contributed by atoms with Gasteiger partial charge in [-0.05, 0) is 26.1 Å². The molecule has 0 amide bonds. The molecule has 16 heavy (non-hydrogen) atoms. The highest BCUT2D eigenvalue weighted by molar-refractivity contribution is 6.34. The fraction of sp³-hybridized carbons (Fsp3) is 0.273. The van der Waals surface area contributed by atoms with Crippen molar-refractivity contribution in [2.24, 2.45) is 0 Å². The summed E-state index contributed by atoms with van der Waals surface area (Å²) in [5.74, 6) is 0.591. The van der Waals surface area contributed by atoms with Gasteiger partial charge in [-0.25, -0.2) is 4.98 Å². The van der Waals surface area contributed by atoms with Crippen molar-refractivity contribution in [2.75, 3.05) is 7.05 Å². The molecule has 2 rings (SSSR count). The van der Waals surface area contributed by atoms with Gasteiger partial charge in [-0.2, -0.15) is 0 Å². The van der Waals surface area contributed by atoms with Crippen LogP contribution >= 0.6 is 11.6 Å². The maximum absolute atomic E-state index is 11.8. The number of nitrogens with zero attached hydrogens (tertiary/aromatic N) is 1. The van der Waals surface area contributed by atoms with Crippen LogP contribution in [-0.2, 0) is 0 Å². The molecule has 1 aromatic heterocycles. The first kappa shape index (κ1) is 11.1. The minimum absolute atomic E-state index is 0.0200. The van der Waals surface area contributed by atoms with Crippen LogP contribution in [0.25, 0.3) is 10.9 Å². The van der Waals surface area contributed by atoms with Crippen LogP contribution in [0.15, 0.2) is 23.0 Å². The van der Waals surface area contributed by atoms with Crippen LogP contribution in [0.5, 0.6) is 0 Å². The fourth-order valence-corrected chi connectivity index (χ4v) is 1.70. The zero-order chi connectivity index (χ0) is 11.7. The van der Waals surface area contributed by atoms with Crippen molar-refractivity contribution in [1.82, 2.24) is 15.3 Å². The summed E-state index contributed by atoms with van der Waals surface area (Å²) in [4.78, 5) is 18.9. The van der Waals surface area contributed by atoms with E-state index in [-0.39, 0.29) is 11.6 Å². The molecule has 0 aliphatic rings. The van der Waals surface area contributed by atoms with Crippen molar-refractivity contribution < 1.29 is 0 Å². The van der Waals surface area contributed by atoms with E-state index in [1.807, 2.05) is 14.0 Å². The largest absolute Gasteiger partial charge is 0.311 e. The van der Waals surface area contributed by atoms with Gasteiger partial charge in [0.15, 0.2) is 0 Å². The third-order valence-electron chi connectivity index (χ3n) is 2.55. The predicted octanol–water partition coefficient (Wildman–Crippen LogP) is 1.86. The van der Waals surface area contributed by atoms with Crippen molar-refractivity contribution in [3.05, 3.63) is 39.4 Å². The summed E-state index contributed by atoms with van der Waals surface area (Å²) < 4.78 is 0. The van der Waals surface area contributed by atoms with Gasteiger partial charge < -0.3 is 10.3 Å². The molecule has 0 spiro atoms. The lowest BCUT2D eigenvalue weighted by Gasteiger charge is -2.10. The molecule has 1 atom stereocenters. The summed E-state index contributed by atoms with van der Waals surface area (Å²) in [6.07, 6.45) is 0. The Labute approximate surface area is 97.7 Å². The molecule has 1 unspecified atom stereocenters. The number of para-hydroxylation sites is 1. The van der Waals surface area contributed by atoms with Crippen molar-refractivity contribution in [2.45, 2.75) is 13.0 Å². The first-order valence-corrected chi connectivity index (χ1v) is 5.37. The number of fused-ring (bicyclic) bond motifs is 1. The number of hydrogen-bond donors (Lipinski definition) is 2. The minimum atomic E-state index is -0.162. The van der Waals surface area contributed by atoms with E-state index in [0.717, 1.165) is 0 Å². The van der Waals surface area contributed by atoms with Crippen molar-refractivity contribution in [3.63, 3.8) is 0 Å². The van der Waals surface area contributed by atoms with E-state index in [0.29, 0.717) is 21.7 Å². The van der Waals surface area contributed by atoms with Gasteiger partial charge in [-0.1, -0.05) is 17.7 Å². The number of rotatable bonds is 2. The van der Waals surface area contributed by atoms with Crippen LogP contribution in [0, 0.1) is 0 Å². The molecule has 2 N–H and O–H groups in total. The van der Waals surface area contributed by atoms with Gasteiger partial charge in [-0.3, -0.25) is 4.79 Å². The average molecular weight is 238 g/mol. The zero-order valence-electron chi connectivity index (χ0n) is 9.04.